The van der Waals surface area contributed by atoms with Crippen LogP contribution < -0.4 is 35.8 Å². The van der Waals surface area contributed by atoms with Gasteiger partial charge in [0.2, 0.25) is 17.2 Å². The Labute approximate surface area is 271 Å². The molecule has 0 fully saturated rings. The summed E-state index contributed by atoms with van der Waals surface area (Å²) in [6.07, 6.45) is 7.25. The maximum Gasteiger partial charge on any atom is 0.229 e. The molecule has 0 unspecified atom stereocenters. The third kappa shape index (κ3) is 4.87. The van der Waals surface area contributed by atoms with Crippen LogP contribution in [0.3, 0.4) is 0 Å². The van der Waals surface area contributed by atoms with Crippen molar-refractivity contribution in [3.05, 3.63) is 56.3 Å². The second kappa shape index (κ2) is 10.8. The molecule has 1 aliphatic carbocycles. The lowest BCUT2D eigenvalue weighted by atomic mass is 9.77. The molecule has 2 N–H and O–H groups in total. The van der Waals surface area contributed by atoms with Gasteiger partial charge in [-0.25, -0.2) is 4.58 Å². The normalized spacial score (nSPS) is 20.2. The van der Waals surface area contributed by atoms with Crippen molar-refractivity contribution >= 4 is 45.8 Å². The molecule has 4 heterocycles. The molecule has 7 rings (SSSR count). The number of benzene rings is 2. The minimum atomic E-state index is -0.650. The lowest BCUT2D eigenvalue weighted by Crippen LogP contribution is -2.47. The van der Waals surface area contributed by atoms with Gasteiger partial charge in [0.25, 0.3) is 0 Å². The first-order chi connectivity index (χ1) is 21.8. The van der Waals surface area contributed by atoms with E-state index in [2.05, 4.69) is 20.1 Å². The maximum absolute atomic E-state index is 14.4. The number of aryl methyl sites for hydroxylation is 2. The van der Waals surface area contributed by atoms with E-state index in [4.69, 9.17) is 0 Å². The van der Waals surface area contributed by atoms with Gasteiger partial charge in [-0.2, -0.15) is 0 Å². The van der Waals surface area contributed by atoms with Gasteiger partial charge >= 0.3 is 0 Å². The summed E-state index contributed by atoms with van der Waals surface area (Å²) in [6, 6.07) is 3.99. The summed E-state index contributed by atoms with van der Waals surface area (Å²) < 4.78 is 2.40. The van der Waals surface area contributed by atoms with Gasteiger partial charge in [0.1, 0.15) is 13.1 Å². The van der Waals surface area contributed by atoms with E-state index >= 15 is 0 Å². The highest BCUT2D eigenvalue weighted by molar-refractivity contribution is 6.52. The number of anilines is 3. The number of rotatable bonds is 3. The van der Waals surface area contributed by atoms with Crippen LogP contribution in [0, 0.1) is 10.8 Å². The molecule has 8 heteroatoms. The number of carbonyl (C=O) groups excluding carboxylic acids is 3. The fourth-order valence-corrected chi connectivity index (χ4v) is 7.88. The topological polar surface area (TPSA) is 105 Å². The van der Waals surface area contributed by atoms with Crippen molar-refractivity contribution < 1.29 is 19.5 Å². The van der Waals surface area contributed by atoms with Crippen molar-refractivity contribution in [3.8, 4) is 0 Å². The molecule has 5 aliphatic rings. The summed E-state index contributed by atoms with van der Waals surface area (Å²) in [4.78, 5) is 43.6. The second-order valence-electron chi connectivity index (χ2n) is 15.8. The van der Waals surface area contributed by atoms with Gasteiger partial charge in [-0.3, -0.25) is 14.4 Å². The monoisotopic (exact) mass is 622 g/mol. The Bertz CT molecular complexity index is 1880. The van der Waals surface area contributed by atoms with E-state index in [9.17, 15) is 19.5 Å². The fourth-order valence-electron chi connectivity index (χ4n) is 7.88. The van der Waals surface area contributed by atoms with E-state index in [1.807, 2.05) is 53.7 Å². The first-order valence-electron chi connectivity index (χ1n) is 17.1. The molecule has 0 spiro atoms. The van der Waals surface area contributed by atoms with Crippen molar-refractivity contribution in [3.63, 3.8) is 0 Å². The lowest BCUT2D eigenvalue weighted by Gasteiger charge is -2.40. The predicted octanol–water partition coefficient (Wildman–Crippen LogP) is 3.24. The van der Waals surface area contributed by atoms with E-state index in [0.717, 1.165) is 99.8 Å². The number of nitrogens with zero attached hydrogens (tertiary/aromatic N) is 2. The van der Waals surface area contributed by atoms with Gasteiger partial charge in [-0.1, -0.05) is 47.3 Å². The summed E-state index contributed by atoms with van der Waals surface area (Å²) in [5.41, 5.74) is 6.26. The zero-order chi connectivity index (χ0) is 32.7. The molecule has 4 aliphatic heterocycles. The first kappa shape index (κ1) is 30.7. The summed E-state index contributed by atoms with van der Waals surface area (Å²) >= 11 is 0. The van der Waals surface area contributed by atoms with Crippen molar-refractivity contribution in [2.24, 2.45) is 10.8 Å². The van der Waals surface area contributed by atoms with Gasteiger partial charge in [-0.15, -0.1) is 0 Å². The Hall–Kier alpha value is -3.94. The summed E-state index contributed by atoms with van der Waals surface area (Å²) in [5, 5.41) is 22.5. The minimum absolute atomic E-state index is 0.141. The molecule has 2 aromatic rings. The molecular formula is C38H46N4O4. The number of Topliss-reactive ketones (excluding diaryl/α,β-unsaturated/α-hetero) is 1. The van der Waals surface area contributed by atoms with Crippen LogP contribution in [-0.4, -0.2) is 43.8 Å². The van der Waals surface area contributed by atoms with Crippen molar-refractivity contribution in [1.82, 2.24) is 4.58 Å². The standard InChI is InChI=1S/C38H46N4O4/c1-37(2,3)35(45)39-29-23-13-9-17-41-15-7-11-21(31(23)41)19-25(29)27-33(43)28(34(27)44)26-20-22-12-8-16-42-18-10-14-24(32(22)42)30(26)40-36(46)38(4,5)6/h19-20H,7-18H2,1-6H3,(H2,39,40,43,44,45,46). The molecule has 0 aromatic heterocycles. The Morgan fingerprint density at radius 1 is 0.761 bits per heavy atom. The molecular weight excluding hydrogens is 576 g/mol. The molecule has 0 saturated carbocycles. The third-order valence-corrected chi connectivity index (χ3v) is 10.3. The van der Waals surface area contributed by atoms with Gasteiger partial charge in [-0.05, 0) is 61.8 Å². The van der Waals surface area contributed by atoms with Crippen LogP contribution in [0.1, 0.15) is 95.0 Å². The van der Waals surface area contributed by atoms with Gasteiger partial charge < -0.3 is 20.6 Å². The maximum atomic E-state index is 14.4. The van der Waals surface area contributed by atoms with Crippen LogP contribution in [0.5, 0.6) is 0 Å². The highest BCUT2D eigenvalue weighted by Gasteiger charge is 2.38. The van der Waals surface area contributed by atoms with Crippen LogP contribution in [0.4, 0.5) is 17.1 Å². The van der Waals surface area contributed by atoms with Gasteiger partial charge in [0.05, 0.1) is 11.4 Å². The van der Waals surface area contributed by atoms with Crippen molar-refractivity contribution in [2.45, 2.75) is 92.9 Å². The lowest BCUT2D eigenvalue weighted by molar-refractivity contribution is -0.292. The molecule has 8 nitrogen and oxygen atoms in total. The highest BCUT2D eigenvalue weighted by atomic mass is 16.3. The number of hydrogen-bond donors (Lipinski definition) is 2. The minimum Gasteiger partial charge on any atom is -0.871 e. The van der Waals surface area contributed by atoms with Gasteiger partial charge in [0.15, 0.2) is 5.78 Å². The molecule has 2 amide bonds. The number of ketones is 1. The number of hydrogen-bond acceptors (Lipinski definition) is 5. The molecule has 0 bridgehead atoms. The zero-order valence-electron chi connectivity index (χ0n) is 28.2. The van der Waals surface area contributed by atoms with Crippen LogP contribution >= 0.6 is 0 Å². The van der Waals surface area contributed by atoms with E-state index in [0.29, 0.717) is 22.2 Å². The fraction of sp³-hybridized carbons (Fsp3) is 0.526. The highest BCUT2D eigenvalue weighted by Crippen LogP contribution is 2.47. The van der Waals surface area contributed by atoms with Crippen LogP contribution in [0.15, 0.2) is 17.9 Å². The summed E-state index contributed by atoms with van der Waals surface area (Å²) in [7, 11) is 0. The smallest absolute Gasteiger partial charge is 0.229 e. The average molecular weight is 623 g/mol. The van der Waals surface area contributed by atoms with E-state index in [1.165, 1.54) is 11.0 Å². The quantitative estimate of drug-likeness (QED) is 0.512. The third-order valence-electron chi connectivity index (χ3n) is 10.3. The Balaban J connectivity index is 1.48. The Morgan fingerprint density at radius 3 is 2.00 bits per heavy atom. The molecule has 0 radical (unpaired) electrons. The molecule has 0 saturated heterocycles. The van der Waals surface area contributed by atoms with Crippen LogP contribution in [0.25, 0.3) is 11.1 Å². The SMILES string of the molecule is CC(C)(C)C(=O)Nc1c(C2=C([O-])/C(=c3\cc4c5c(c3NC(=O)C(C)(C)C)CCC[N+]=5CCC4)C2=O)cc2c3c1CCCN3CCC2. The van der Waals surface area contributed by atoms with E-state index in [1.54, 1.807) is 0 Å². The van der Waals surface area contributed by atoms with Crippen molar-refractivity contribution in [1.29, 1.82) is 0 Å². The number of nitrogens with one attached hydrogen (secondary N) is 2. The Morgan fingerprint density at radius 2 is 1.35 bits per heavy atom. The average Bonchev–Trinajstić information content (AvgIpc) is 3.00. The second-order valence-corrected chi connectivity index (χ2v) is 15.8. The van der Waals surface area contributed by atoms with E-state index in [-0.39, 0.29) is 34.5 Å². The number of allylic oxidation sites excluding steroid dienone is 2. The number of carbonyl (C=O) groups is 3. The first-order valence-corrected chi connectivity index (χ1v) is 17.1. The molecule has 46 heavy (non-hydrogen) atoms. The van der Waals surface area contributed by atoms with Crippen LogP contribution in [0.2, 0.25) is 0 Å². The van der Waals surface area contributed by atoms with Gasteiger partial charge in [0, 0.05) is 75.5 Å². The predicted molar refractivity (Wildman–Crippen MR) is 180 cm³/mol. The zero-order valence-corrected chi connectivity index (χ0v) is 28.2. The summed E-state index contributed by atoms with van der Waals surface area (Å²) in [5.74, 6) is -0.914. The molecule has 0 atom stereocenters. The summed E-state index contributed by atoms with van der Waals surface area (Å²) in [6.45, 7) is 15.1. The molecule has 2 aromatic carbocycles. The van der Waals surface area contributed by atoms with Crippen LogP contribution in [-0.2, 0) is 40.1 Å². The Kier molecular flexibility index (Phi) is 7.22. The molecule has 242 valence electrons. The largest absolute Gasteiger partial charge is 0.871 e. The van der Waals surface area contributed by atoms with E-state index < -0.39 is 10.8 Å². The number of amides is 2. The van der Waals surface area contributed by atoms with Crippen molar-refractivity contribution in [2.75, 3.05) is 41.7 Å².